The van der Waals surface area contributed by atoms with Crippen molar-refractivity contribution in [2.24, 2.45) is 0 Å². The van der Waals surface area contributed by atoms with Crippen molar-refractivity contribution >= 4 is 11.9 Å². The number of hydrogen-bond donors (Lipinski definition) is 2. The summed E-state index contributed by atoms with van der Waals surface area (Å²) >= 11 is 0. The van der Waals surface area contributed by atoms with Gasteiger partial charge in [0.2, 0.25) is 0 Å². The van der Waals surface area contributed by atoms with E-state index in [0.717, 1.165) is 16.7 Å². The fraction of sp³-hybridized carbons (Fsp3) is 0.263. The molecule has 126 valence electrons. The molecule has 2 aromatic rings. The van der Waals surface area contributed by atoms with E-state index in [9.17, 15) is 9.59 Å². The summed E-state index contributed by atoms with van der Waals surface area (Å²) in [6.45, 7) is 3.53. The lowest BCUT2D eigenvalue weighted by Crippen LogP contribution is -2.35. The average Bonchev–Trinajstić information content (AvgIpc) is 2.60. The van der Waals surface area contributed by atoms with E-state index >= 15 is 0 Å². The molecule has 0 aromatic heterocycles. The van der Waals surface area contributed by atoms with Crippen LogP contribution in [0.2, 0.25) is 0 Å². The minimum Gasteiger partial charge on any atom is -0.465 e. The molecule has 0 saturated heterocycles. The van der Waals surface area contributed by atoms with Crippen LogP contribution in [0, 0.1) is 6.92 Å². The number of esters is 1. The molecule has 0 spiro atoms. The van der Waals surface area contributed by atoms with Crippen LogP contribution in [0.1, 0.15) is 33.2 Å². The Balaban J connectivity index is 2.47. The molecule has 0 aliphatic rings. The third-order valence-corrected chi connectivity index (χ3v) is 3.65. The van der Waals surface area contributed by atoms with Gasteiger partial charge in [-0.2, -0.15) is 0 Å². The zero-order valence-corrected chi connectivity index (χ0v) is 14.0. The number of benzene rings is 2. The summed E-state index contributed by atoms with van der Waals surface area (Å²) in [5.41, 5.74) is 3.42. The number of aliphatic hydroxyl groups is 1. The van der Waals surface area contributed by atoms with Gasteiger partial charge in [-0.3, -0.25) is 4.79 Å². The molecule has 5 heteroatoms. The Kier molecular flexibility index (Phi) is 5.71. The summed E-state index contributed by atoms with van der Waals surface area (Å²) < 4.78 is 4.77. The third-order valence-electron chi connectivity index (χ3n) is 3.65. The first-order valence-corrected chi connectivity index (χ1v) is 7.66. The van der Waals surface area contributed by atoms with Crippen LogP contribution in [-0.2, 0) is 4.74 Å². The maximum atomic E-state index is 12.3. The Morgan fingerprint density at radius 2 is 1.71 bits per heavy atom. The van der Waals surface area contributed by atoms with Crippen molar-refractivity contribution in [1.29, 1.82) is 0 Å². The molecule has 0 aliphatic carbocycles. The topological polar surface area (TPSA) is 75.6 Å². The van der Waals surface area contributed by atoms with Crippen LogP contribution in [0.3, 0.4) is 0 Å². The summed E-state index contributed by atoms with van der Waals surface area (Å²) in [5.74, 6) is -0.858. The van der Waals surface area contributed by atoms with E-state index in [1.165, 1.54) is 13.2 Å². The normalized spacial score (nSPS) is 11.7. The standard InChI is InChI=1S/C19H21NO4/c1-12-4-6-14(7-5-12)15-8-16(18(22)20-13(2)11-21)10-17(9-15)19(23)24-3/h4-10,13,21H,11H2,1-3H3,(H,20,22). The van der Waals surface area contributed by atoms with Gasteiger partial charge in [0.15, 0.2) is 0 Å². The van der Waals surface area contributed by atoms with Crippen molar-refractivity contribution < 1.29 is 19.4 Å². The fourth-order valence-electron chi connectivity index (χ4n) is 2.26. The Hall–Kier alpha value is -2.66. The first kappa shape index (κ1) is 17.7. The van der Waals surface area contributed by atoms with Crippen molar-refractivity contribution in [3.05, 3.63) is 59.2 Å². The molecule has 1 atom stereocenters. The van der Waals surface area contributed by atoms with Gasteiger partial charge in [0.1, 0.15) is 0 Å². The van der Waals surface area contributed by atoms with Crippen LogP contribution in [0.25, 0.3) is 11.1 Å². The summed E-state index contributed by atoms with van der Waals surface area (Å²) in [6.07, 6.45) is 0. The Morgan fingerprint density at radius 1 is 1.08 bits per heavy atom. The minimum absolute atomic E-state index is 0.159. The molecule has 2 aromatic carbocycles. The predicted molar refractivity (Wildman–Crippen MR) is 92.0 cm³/mol. The quantitative estimate of drug-likeness (QED) is 0.828. The van der Waals surface area contributed by atoms with Crippen molar-refractivity contribution in [2.75, 3.05) is 13.7 Å². The van der Waals surface area contributed by atoms with Crippen molar-refractivity contribution in [2.45, 2.75) is 19.9 Å². The van der Waals surface area contributed by atoms with E-state index in [1.807, 2.05) is 31.2 Å². The van der Waals surface area contributed by atoms with Crippen LogP contribution in [0.5, 0.6) is 0 Å². The molecule has 24 heavy (non-hydrogen) atoms. The Bertz CT molecular complexity index is 738. The molecule has 1 unspecified atom stereocenters. The molecular formula is C19H21NO4. The summed E-state index contributed by atoms with van der Waals surface area (Å²) in [4.78, 5) is 24.3. The number of ether oxygens (including phenoxy) is 1. The smallest absolute Gasteiger partial charge is 0.337 e. The van der Waals surface area contributed by atoms with E-state index in [-0.39, 0.29) is 18.6 Å². The summed E-state index contributed by atoms with van der Waals surface area (Å²) in [5, 5.41) is 11.8. The van der Waals surface area contributed by atoms with Gasteiger partial charge in [-0.25, -0.2) is 4.79 Å². The van der Waals surface area contributed by atoms with Crippen LogP contribution < -0.4 is 5.32 Å². The maximum absolute atomic E-state index is 12.3. The van der Waals surface area contributed by atoms with E-state index in [0.29, 0.717) is 11.1 Å². The Labute approximate surface area is 141 Å². The first-order chi connectivity index (χ1) is 11.4. The van der Waals surface area contributed by atoms with Crippen LogP contribution in [0.15, 0.2) is 42.5 Å². The highest BCUT2D eigenvalue weighted by Crippen LogP contribution is 2.23. The third kappa shape index (κ3) is 4.20. The molecule has 0 bridgehead atoms. The lowest BCUT2D eigenvalue weighted by Gasteiger charge is -2.13. The molecule has 5 nitrogen and oxygen atoms in total. The molecular weight excluding hydrogens is 306 g/mol. The number of aliphatic hydroxyl groups excluding tert-OH is 1. The van der Waals surface area contributed by atoms with Gasteiger partial charge in [0.25, 0.3) is 5.91 Å². The number of nitrogens with one attached hydrogen (secondary N) is 1. The van der Waals surface area contributed by atoms with E-state index in [2.05, 4.69) is 5.32 Å². The number of carbonyl (C=O) groups excluding carboxylic acids is 2. The van der Waals surface area contributed by atoms with E-state index in [1.54, 1.807) is 19.1 Å². The van der Waals surface area contributed by atoms with Gasteiger partial charge in [0, 0.05) is 11.6 Å². The van der Waals surface area contributed by atoms with E-state index in [4.69, 9.17) is 9.84 Å². The fourth-order valence-corrected chi connectivity index (χ4v) is 2.26. The number of aryl methyl sites for hydroxylation is 1. The Morgan fingerprint density at radius 3 is 2.29 bits per heavy atom. The second-order valence-electron chi connectivity index (χ2n) is 5.71. The average molecular weight is 327 g/mol. The number of methoxy groups -OCH3 is 1. The van der Waals surface area contributed by atoms with Gasteiger partial charge in [-0.1, -0.05) is 29.8 Å². The van der Waals surface area contributed by atoms with Crippen LogP contribution >= 0.6 is 0 Å². The van der Waals surface area contributed by atoms with E-state index < -0.39 is 5.97 Å². The zero-order chi connectivity index (χ0) is 17.7. The van der Waals surface area contributed by atoms with Crippen molar-refractivity contribution in [3.8, 4) is 11.1 Å². The SMILES string of the molecule is COC(=O)c1cc(C(=O)NC(C)CO)cc(-c2ccc(C)cc2)c1. The minimum atomic E-state index is -0.506. The number of carbonyl (C=O) groups is 2. The first-order valence-electron chi connectivity index (χ1n) is 7.66. The summed E-state index contributed by atoms with van der Waals surface area (Å²) in [7, 11) is 1.30. The maximum Gasteiger partial charge on any atom is 0.337 e. The highest BCUT2D eigenvalue weighted by atomic mass is 16.5. The highest BCUT2D eigenvalue weighted by molar-refractivity contribution is 6.00. The zero-order valence-electron chi connectivity index (χ0n) is 14.0. The molecule has 0 aliphatic heterocycles. The predicted octanol–water partition coefficient (Wildman–Crippen LogP) is 2.56. The lowest BCUT2D eigenvalue weighted by atomic mass is 9.98. The number of hydrogen-bond acceptors (Lipinski definition) is 4. The largest absolute Gasteiger partial charge is 0.465 e. The molecule has 2 N–H and O–H groups in total. The van der Waals surface area contributed by atoms with Gasteiger partial charge < -0.3 is 15.2 Å². The second-order valence-corrected chi connectivity index (χ2v) is 5.71. The molecule has 2 rings (SSSR count). The molecule has 0 saturated carbocycles. The van der Waals surface area contributed by atoms with Gasteiger partial charge >= 0.3 is 5.97 Å². The molecule has 0 fully saturated rings. The molecule has 0 radical (unpaired) electrons. The van der Waals surface area contributed by atoms with Gasteiger partial charge in [0.05, 0.1) is 19.3 Å². The van der Waals surface area contributed by atoms with Gasteiger partial charge in [-0.15, -0.1) is 0 Å². The highest BCUT2D eigenvalue weighted by Gasteiger charge is 2.15. The monoisotopic (exact) mass is 327 g/mol. The van der Waals surface area contributed by atoms with Crippen LogP contribution in [0.4, 0.5) is 0 Å². The lowest BCUT2D eigenvalue weighted by molar-refractivity contribution is 0.0600. The number of rotatable bonds is 5. The second kappa shape index (κ2) is 7.75. The van der Waals surface area contributed by atoms with Crippen LogP contribution in [-0.4, -0.2) is 36.7 Å². The van der Waals surface area contributed by atoms with Crippen molar-refractivity contribution in [3.63, 3.8) is 0 Å². The molecule has 0 heterocycles. The number of amides is 1. The van der Waals surface area contributed by atoms with Gasteiger partial charge in [-0.05, 0) is 43.2 Å². The van der Waals surface area contributed by atoms with Crippen molar-refractivity contribution in [1.82, 2.24) is 5.32 Å². The summed E-state index contributed by atoms with van der Waals surface area (Å²) in [6, 6.07) is 12.3. The molecule has 1 amide bonds.